The quantitative estimate of drug-likeness (QED) is 0.457. The van der Waals surface area contributed by atoms with Crippen molar-refractivity contribution in [3.63, 3.8) is 0 Å². The highest BCUT2D eigenvalue weighted by molar-refractivity contribution is 7.89. The van der Waals surface area contributed by atoms with Crippen LogP contribution in [-0.4, -0.2) is 32.5 Å². The molecule has 0 aliphatic carbocycles. The summed E-state index contributed by atoms with van der Waals surface area (Å²) in [4.78, 5) is 9.30. The van der Waals surface area contributed by atoms with Crippen LogP contribution in [0.25, 0.3) is 0 Å². The minimum Gasteiger partial charge on any atom is -0.357 e. The van der Waals surface area contributed by atoms with Gasteiger partial charge in [-0.25, -0.2) is 23.5 Å². The molecule has 0 saturated heterocycles. The highest BCUT2D eigenvalue weighted by Crippen LogP contribution is 2.18. The molecule has 27 heavy (non-hydrogen) atoms. The smallest absolute Gasteiger partial charge is 0.238 e. The van der Waals surface area contributed by atoms with Crippen molar-refractivity contribution in [3.8, 4) is 0 Å². The summed E-state index contributed by atoms with van der Waals surface area (Å²) in [6.07, 6.45) is 0.740. The van der Waals surface area contributed by atoms with Crippen molar-refractivity contribution in [1.29, 1.82) is 0 Å². The maximum Gasteiger partial charge on any atom is 0.238 e. The van der Waals surface area contributed by atoms with Gasteiger partial charge in [0, 0.05) is 18.5 Å². The number of hydrogen-bond donors (Lipinski definition) is 3. The van der Waals surface area contributed by atoms with Crippen LogP contribution in [0.15, 0.2) is 39.5 Å². The van der Waals surface area contributed by atoms with Gasteiger partial charge >= 0.3 is 0 Å². The van der Waals surface area contributed by atoms with E-state index in [-0.39, 0.29) is 4.90 Å². The van der Waals surface area contributed by atoms with Crippen molar-refractivity contribution in [2.75, 3.05) is 13.1 Å². The van der Waals surface area contributed by atoms with E-state index in [4.69, 9.17) is 5.14 Å². The van der Waals surface area contributed by atoms with Crippen molar-refractivity contribution in [2.24, 2.45) is 10.1 Å². The summed E-state index contributed by atoms with van der Waals surface area (Å²) in [6.45, 7) is 8.26. The average Bonchev–Trinajstić information content (AvgIpc) is 3.09. The fourth-order valence-electron chi connectivity index (χ4n) is 2.32. The molecule has 0 radical (unpaired) electrons. The van der Waals surface area contributed by atoms with Gasteiger partial charge in [-0.15, -0.1) is 11.3 Å². The van der Waals surface area contributed by atoms with E-state index in [0.717, 1.165) is 35.2 Å². The molecule has 0 spiro atoms. The number of thiazole rings is 1. The molecular formula is C18H27N5O2S2. The van der Waals surface area contributed by atoms with Crippen molar-refractivity contribution >= 4 is 27.3 Å². The molecule has 1 aromatic heterocycles. The summed E-state index contributed by atoms with van der Waals surface area (Å²) in [5, 5.41) is 14.7. The zero-order chi connectivity index (χ0) is 19.9. The molecule has 0 fully saturated rings. The van der Waals surface area contributed by atoms with Crippen LogP contribution in [0.2, 0.25) is 0 Å². The Balaban J connectivity index is 1.89. The Hall–Kier alpha value is -1.97. The number of benzene rings is 1. The Kier molecular flexibility index (Phi) is 7.76. The molecule has 0 atom stereocenters. The summed E-state index contributed by atoms with van der Waals surface area (Å²) in [7, 11) is -3.65. The molecule has 2 aromatic rings. The predicted molar refractivity (Wildman–Crippen MR) is 111 cm³/mol. The first-order chi connectivity index (χ1) is 12.8. The second-order valence-corrected chi connectivity index (χ2v) is 8.89. The lowest BCUT2D eigenvalue weighted by Crippen LogP contribution is -2.38. The molecule has 0 amide bonds. The molecule has 0 bridgehead atoms. The first kappa shape index (κ1) is 21.3. The SMILES string of the molecule is CCNC(=NCc1nc(C(C)C)cs1)NCCc1ccc(S(N)(=O)=O)cc1. The standard InChI is InChI=1S/C18H27N5O2S2/c1-4-20-18(22-11-17-23-16(12-26-17)13(2)3)21-10-9-14-5-7-15(8-6-14)27(19,24)25/h5-8,12-13H,4,9-11H2,1-3H3,(H2,19,24,25)(H2,20,21,22). The lowest BCUT2D eigenvalue weighted by Gasteiger charge is -2.11. The van der Waals surface area contributed by atoms with Gasteiger partial charge in [0.25, 0.3) is 0 Å². The monoisotopic (exact) mass is 409 g/mol. The van der Waals surface area contributed by atoms with Gasteiger partial charge < -0.3 is 10.6 Å². The summed E-state index contributed by atoms with van der Waals surface area (Å²) >= 11 is 1.63. The molecule has 148 valence electrons. The van der Waals surface area contributed by atoms with Crippen LogP contribution in [0, 0.1) is 0 Å². The molecule has 1 aromatic carbocycles. The second kappa shape index (κ2) is 9.82. The highest BCUT2D eigenvalue weighted by atomic mass is 32.2. The van der Waals surface area contributed by atoms with Gasteiger partial charge in [-0.1, -0.05) is 26.0 Å². The average molecular weight is 410 g/mol. The highest BCUT2D eigenvalue weighted by Gasteiger charge is 2.07. The number of nitrogens with two attached hydrogens (primary N) is 1. The normalized spacial score (nSPS) is 12.4. The number of hydrogen-bond acceptors (Lipinski definition) is 5. The lowest BCUT2D eigenvalue weighted by molar-refractivity contribution is 0.598. The molecule has 0 aliphatic heterocycles. The summed E-state index contributed by atoms with van der Waals surface area (Å²) < 4.78 is 22.6. The van der Waals surface area contributed by atoms with E-state index in [0.29, 0.717) is 19.0 Å². The van der Waals surface area contributed by atoms with E-state index < -0.39 is 10.0 Å². The predicted octanol–water partition coefficient (Wildman–Crippen LogP) is 2.21. The fourth-order valence-corrected chi connectivity index (χ4v) is 3.72. The Labute approximate surface area is 165 Å². The van der Waals surface area contributed by atoms with Crippen LogP contribution in [0.4, 0.5) is 0 Å². The molecule has 4 N–H and O–H groups in total. The lowest BCUT2D eigenvalue weighted by atomic mass is 10.1. The van der Waals surface area contributed by atoms with E-state index in [2.05, 4.69) is 39.8 Å². The minimum atomic E-state index is -3.65. The minimum absolute atomic E-state index is 0.123. The topological polar surface area (TPSA) is 109 Å². The van der Waals surface area contributed by atoms with Crippen LogP contribution < -0.4 is 15.8 Å². The maximum atomic E-state index is 11.3. The van der Waals surface area contributed by atoms with Crippen LogP contribution in [-0.2, 0) is 23.0 Å². The number of primary sulfonamides is 1. The molecule has 0 aliphatic rings. The first-order valence-corrected chi connectivity index (χ1v) is 11.3. The van der Waals surface area contributed by atoms with E-state index in [1.54, 1.807) is 23.5 Å². The van der Waals surface area contributed by atoms with E-state index in [1.165, 1.54) is 12.1 Å². The number of sulfonamides is 1. The summed E-state index contributed by atoms with van der Waals surface area (Å²) in [5.74, 6) is 1.16. The maximum absolute atomic E-state index is 11.3. The number of nitrogens with one attached hydrogen (secondary N) is 2. The van der Waals surface area contributed by atoms with Crippen LogP contribution in [0.1, 0.15) is 43.0 Å². The summed E-state index contributed by atoms with van der Waals surface area (Å²) in [5.41, 5.74) is 2.12. The van der Waals surface area contributed by atoms with Gasteiger partial charge in [-0.3, -0.25) is 0 Å². The molecule has 1 heterocycles. The van der Waals surface area contributed by atoms with E-state index in [1.807, 2.05) is 6.92 Å². The van der Waals surface area contributed by atoms with Crippen molar-refractivity contribution in [1.82, 2.24) is 15.6 Å². The molecule has 0 saturated carbocycles. The summed E-state index contributed by atoms with van der Waals surface area (Å²) in [6, 6.07) is 6.60. The van der Waals surface area contributed by atoms with Gasteiger partial charge in [-0.05, 0) is 37.0 Å². The van der Waals surface area contributed by atoms with Gasteiger partial charge in [-0.2, -0.15) is 0 Å². The Morgan fingerprint density at radius 2 is 1.96 bits per heavy atom. The van der Waals surface area contributed by atoms with Gasteiger partial charge in [0.1, 0.15) is 5.01 Å². The Morgan fingerprint density at radius 1 is 1.26 bits per heavy atom. The molecule has 0 unspecified atom stereocenters. The third kappa shape index (κ3) is 6.93. The number of guanidine groups is 1. The third-order valence-electron chi connectivity index (χ3n) is 3.84. The third-order valence-corrected chi connectivity index (χ3v) is 5.62. The zero-order valence-corrected chi connectivity index (χ0v) is 17.5. The Bertz CT molecular complexity index is 858. The largest absolute Gasteiger partial charge is 0.357 e. The number of aliphatic imine (C=N–C) groups is 1. The van der Waals surface area contributed by atoms with Gasteiger partial charge in [0.2, 0.25) is 10.0 Å². The van der Waals surface area contributed by atoms with Gasteiger partial charge in [0.15, 0.2) is 5.96 Å². The number of rotatable bonds is 8. The molecule has 9 heteroatoms. The zero-order valence-electron chi connectivity index (χ0n) is 15.9. The van der Waals surface area contributed by atoms with Crippen molar-refractivity contribution < 1.29 is 8.42 Å². The molecular weight excluding hydrogens is 382 g/mol. The number of aromatic nitrogens is 1. The number of nitrogens with zero attached hydrogens (tertiary/aromatic N) is 2. The van der Waals surface area contributed by atoms with E-state index in [9.17, 15) is 8.42 Å². The van der Waals surface area contributed by atoms with Crippen molar-refractivity contribution in [2.45, 2.75) is 44.6 Å². The van der Waals surface area contributed by atoms with Gasteiger partial charge in [0.05, 0.1) is 17.1 Å². The van der Waals surface area contributed by atoms with Crippen LogP contribution in [0.5, 0.6) is 0 Å². The van der Waals surface area contributed by atoms with E-state index >= 15 is 0 Å². The van der Waals surface area contributed by atoms with Crippen LogP contribution >= 0.6 is 11.3 Å². The Morgan fingerprint density at radius 3 is 2.52 bits per heavy atom. The molecule has 7 nitrogen and oxygen atoms in total. The second-order valence-electron chi connectivity index (χ2n) is 6.38. The molecule has 2 rings (SSSR count). The fraction of sp³-hybridized carbons (Fsp3) is 0.444. The first-order valence-electron chi connectivity index (χ1n) is 8.87. The van der Waals surface area contributed by atoms with Crippen LogP contribution in [0.3, 0.4) is 0 Å². The van der Waals surface area contributed by atoms with Crippen molar-refractivity contribution in [3.05, 3.63) is 45.9 Å².